The lowest BCUT2D eigenvalue weighted by Crippen LogP contribution is -2.55. The number of thioether (sulfide) groups is 1. The second kappa shape index (κ2) is 14.9. The van der Waals surface area contributed by atoms with Crippen LogP contribution >= 0.6 is 23.4 Å². The third kappa shape index (κ3) is 7.45. The van der Waals surface area contributed by atoms with Gasteiger partial charge in [-0.1, -0.05) is 79.7 Å². The minimum Gasteiger partial charge on any atom is -0.379 e. The fourth-order valence-corrected chi connectivity index (χ4v) is 4.85. The van der Waals surface area contributed by atoms with Crippen molar-refractivity contribution >= 4 is 40.9 Å². The number of benzene rings is 2. The molecule has 2 amide bonds. The van der Waals surface area contributed by atoms with Crippen molar-refractivity contribution < 1.29 is 14.3 Å². The van der Waals surface area contributed by atoms with E-state index in [-0.39, 0.29) is 12.1 Å². The van der Waals surface area contributed by atoms with Crippen LogP contribution in [0.15, 0.2) is 66.0 Å². The average Bonchev–Trinajstić information content (AvgIpc) is 2.94. The first-order valence-electron chi connectivity index (χ1n) is 12.7. The van der Waals surface area contributed by atoms with Crippen molar-refractivity contribution in [3.8, 4) is 0 Å². The maximum Gasteiger partial charge on any atom is 0.330 e. The predicted molar refractivity (Wildman–Crippen MR) is 152 cm³/mol. The van der Waals surface area contributed by atoms with Crippen LogP contribution in [0, 0.1) is 0 Å². The van der Waals surface area contributed by atoms with E-state index in [2.05, 4.69) is 17.1 Å². The van der Waals surface area contributed by atoms with Crippen molar-refractivity contribution in [3.05, 3.63) is 76.9 Å². The molecule has 2 heterocycles. The molecule has 0 saturated carbocycles. The fraction of sp³-hybridized carbons (Fsp3) is 0.393. The van der Waals surface area contributed by atoms with E-state index < -0.39 is 0 Å². The van der Waals surface area contributed by atoms with Crippen LogP contribution in [0.5, 0.6) is 0 Å². The van der Waals surface area contributed by atoms with Crippen molar-refractivity contribution in [3.63, 3.8) is 0 Å². The molecule has 0 aliphatic carbocycles. The molecule has 0 bridgehead atoms. The summed E-state index contributed by atoms with van der Waals surface area (Å²) in [6.45, 7) is 9.92. The van der Waals surface area contributed by atoms with Gasteiger partial charge >= 0.3 is 6.03 Å². The number of rotatable bonds is 11. The summed E-state index contributed by atoms with van der Waals surface area (Å²) >= 11 is 8.01. The molecule has 1 aliphatic heterocycles. The van der Waals surface area contributed by atoms with Crippen molar-refractivity contribution in [2.45, 2.75) is 51.2 Å². The molecule has 0 fully saturated rings. The molecule has 0 atom stereocenters. The third-order valence-corrected chi connectivity index (χ3v) is 6.81. The summed E-state index contributed by atoms with van der Waals surface area (Å²) < 4.78 is 11.5. The van der Waals surface area contributed by atoms with E-state index in [1.54, 1.807) is 22.1 Å². The summed E-state index contributed by atoms with van der Waals surface area (Å²) in [6.07, 6.45) is 1.80. The molecular formula is C28H35ClN4O3S. The Morgan fingerprint density at radius 1 is 1.00 bits per heavy atom. The number of carbonyl (C=O) groups is 1. The molecular weight excluding hydrogens is 508 g/mol. The van der Waals surface area contributed by atoms with Gasteiger partial charge in [-0.05, 0) is 31.5 Å². The number of carbonyl (C=O) groups excluding carboxylic acids is 1. The van der Waals surface area contributed by atoms with Crippen LogP contribution in [0.1, 0.15) is 38.8 Å². The lowest BCUT2D eigenvalue weighted by molar-refractivity contribution is 0.0758. The van der Waals surface area contributed by atoms with Gasteiger partial charge in [-0.15, -0.1) is 0 Å². The van der Waals surface area contributed by atoms with E-state index in [1.165, 1.54) is 17.3 Å². The zero-order chi connectivity index (χ0) is 26.6. The van der Waals surface area contributed by atoms with Gasteiger partial charge in [0, 0.05) is 30.7 Å². The highest BCUT2D eigenvalue weighted by Gasteiger charge is 2.38. The quantitative estimate of drug-likeness (QED) is 0.195. The summed E-state index contributed by atoms with van der Waals surface area (Å²) in [5.74, 6) is 1.33. The molecule has 2 aromatic carbocycles. The van der Waals surface area contributed by atoms with E-state index in [0.717, 1.165) is 11.3 Å². The second-order valence-corrected chi connectivity index (χ2v) is 9.29. The molecule has 1 aliphatic rings. The number of urea groups is 1. The number of amides is 2. The lowest BCUT2D eigenvalue weighted by atomic mass is 10.1. The first kappa shape index (κ1) is 28.9. The smallest absolute Gasteiger partial charge is 0.330 e. The summed E-state index contributed by atoms with van der Waals surface area (Å²) in [4.78, 5) is 26.7. The maximum atomic E-state index is 13.9. The molecule has 0 radical (unpaired) electrons. The summed E-state index contributed by atoms with van der Waals surface area (Å²) in [5, 5.41) is 1.12. The van der Waals surface area contributed by atoms with Gasteiger partial charge in [-0.3, -0.25) is 9.80 Å². The topological polar surface area (TPSA) is 67.8 Å². The Balaban J connectivity index is 0.00000186. The van der Waals surface area contributed by atoms with E-state index in [9.17, 15) is 4.79 Å². The summed E-state index contributed by atoms with van der Waals surface area (Å²) in [7, 11) is 0. The Bertz CT molecular complexity index is 1130. The first-order chi connectivity index (χ1) is 18.1. The first-order valence-corrected chi connectivity index (χ1v) is 14.0. The molecule has 0 saturated heterocycles. The molecule has 1 aromatic heterocycles. The second-order valence-electron chi connectivity index (χ2n) is 7.94. The molecule has 0 unspecified atom stereocenters. The molecule has 198 valence electrons. The highest BCUT2D eigenvalue weighted by atomic mass is 35.5. The Hall–Kier alpha value is -2.65. The van der Waals surface area contributed by atoms with Gasteiger partial charge in [0.25, 0.3) is 0 Å². The van der Waals surface area contributed by atoms with Crippen LogP contribution in [0.4, 0.5) is 16.3 Å². The number of nitrogens with zero attached hydrogens (tertiary/aromatic N) is 4. The summed E-state index contributed by atoms with van der Waals surface area (Å²) in [5.41, 5.74) is 2.66. The highest BCUT2D eigenvalue weighted by molar-refractivity contribution is 7.98. The van der Waals surface area contributed by atoms with E-state index in [1.807, 2.05) is 64.1 Å². The van der Waals surface area contributed by atoms with Gasteiger partial charge in [0.1, 0.15) is 5.82 Å². The minimum atomic E-state index is -0.353. The van der Waals surface area contributed by atoms with Gasteiger partial charge in [0.2, 0.25) is 0 Å². The van der Waals surface area contributed by atoms with Crippen LogP contribution in [0.25, 0.3) is 0 Å². The molecule has 37 heavy (non-hydrogen) atoms. The van der Waals surface area contributed by atoms with Crippen LogP contribution in [-0.2, 0) is 21.8 Å². The predicted octanol–water partition coefficient (Wildman–Crippen LogP) is 6.84. The Morgan fingerprint density at radius 2 is 1.65 bits per heavy atom. The van der Waals surface area contributed by atoms with Crippen LogP contribution in [0.3, 0.4) is 0 Å². The van der Waals surface area contributed by atoms with E-state index >= 15 is 0 Å². The number of halogens is 1. The highest BCUT2D eigenvalue weighted by Crippen LogP contribution is 2.36. The number of hydrogen-bond donors (Lipinski definition) is 0. The molecule has 7 nitrogen and oxygen atoms in total. The number of fused-ring (bicyclic) bond motifs is 1. The van der Waals surface area contributed by atoms with Crippen LogP contribution in [0.2, 0.25) is 5.02 Å². The number of hydrogen-bond acceptors (Lipinski definition) is 6. The normalized spacial score (nSPS) is 12.9. The number of aromatic nitrogens is 2. The van der Waals surface area contributed by atoms with Crippen molar-refractivity contribution in [2.75, 3.05) is 36.2 Å². The number of ether oxygens (including phenoxy) is 2. The van der Waals surface area contributed by atoms with Crippen molar-refractivity contribution in [1.29, 1.82) is 0 Å². The summed E-state index contributed by atoms with van der Waals surface area (Å²) in [6, 6.07) is 16.9. The standard InChI is InChI=1S/C26H29ClN4O3S.C2H6/c1-3-33-16-21(17-34-4-2)31-24-20(15-30(26(31)32)23-13-9-8-12-22(23)27)14-28-25(29-24)35-18-19-10-6-5-7-11-19;1-2/h5-14,21H,3-4,15-18H2,1-2H3;1-2H3. The SMILES string of the molecule is CC.CCOCC(COCC)N1C(=O)N(c2ccccc2Cl)Cc2cnc(SCc3ccccc3)nc21. The average molecular weight is 543 g/mol. The fourth-order valence-electron chi connectivity index (χ4n) is 3.85. The molecule has 9 heteroatoms. The van der Waals surface area contributed by atoms with Gasteiger partial charge in [-0.2, -0.15) is 0 Å². The largest absolute Gasteiger partial charge is 0.379 e. The minimum absolute atomic E-state index is 0.215. The van der Waals surface area contributed by atoms with Crippen LogP contribution in [-0.4, -0.2) is 48.5 Å². The molecule has 3 aromatic rings. The zero-order valence-corrected chi connectivity index (χ0v) is 23.5. The molecule has 0 spiro atoms. The van der Waals surface area contributed by atoms with Crippen molar-refractivity contribution in [2.24, 2.45) is 0 Å². The van der Waals surface area contributed by atoms with Gasteiger partial charge < -0.3 is 9.47 Å². The Labute approximate surface area is 229 Å². The van der Waals surface area contributed by atoms with E-state index in [0.29, 0.717) is 54.7 Å². The number of para-hydroxylation sites is 1. The third-order valence-electron chi connectivity index (χ3n) is 5.56. The monoisotopic (exact) mass is 542 g/mol. The molecule has 4 rings (SSSR count). The zero-order valence-electron chi connectivity index (χ0n) is 21.9. The maximum absolute atomic E-state index is 13.9. The van der Waals surface area contributed by atoms with Crippen molar-refractivity contribution in [1.82, 2.24) is 9.97 Å². The van der Waals surface area contributed by atoms with Crippen LogP contribution < -0.4 is 9.80 Å². The van der Waals surface area contributed by atoms with Gasteiger partial charge in [0.05, 0.1) is 36.5 Å². The Morgan fingerprint density at radius 3 is 2.30 bits per heavy atom. The Kier molecular flexibility index (Phi) is 11.7. The lowest BCUT2D eigenvalue weighted by Gasteiger charge is -2.40. The number of anilines is 2. The van der Waals surface area contributed by atoms with Gasteiger partial charge in [-0.25, -0.2) is 14.8 Å². The molecule has 0 N–H and O–H groups in total. The van der Waals surface area contributed by atoms with E-state index in [4.69, 9.17) is 26.1 Å². The van der Waals surface area contributed by atoms with Gasteiger partial charge in [0.15, 0.2) is 5.16 Å².